The number of benzene rings is 2. The maximum absolute atomic E-state index is 10.7. The Balaban J connectivity index is 1.80. The summed E-state index contributed by atoms with van der Waals surface area (Å²) in [5.74, 6) is 0. The van der Waals surface area contributed by atoms with Crippen LogP contribution in [0.1, 0.15) is 20.9 Å². The van der Waals surface area contributed by atoms with Crippen LogP contribution in [0.15, 0.2) is 47.8 Å². The maximum atomic E-state index is 10.7. The highest BCUT2D eigenvalue weighted by molar-refractivity contribution is 7.11. The molecule has 1 heterocycles. The summed E-state index contributed by atoms with van der Waals surface area (Å²) in [5, 5.41) is 2.47. The Morgan fingerprint density at radius 1 is 1.05 bits per heavy atom. The van der Waals surface area contributed by atoms with Gasteiger partial charge in [-0.15, -0.1) is 11.3 Å². The topological polar surface area (TPSA) is 30.0 Å². The van der Waals surface area contributed by atoms with E-state index in [0.717, 1.165) is 24.0 Å². The second-order valence-electron chi connectivity index (χ2n) is 4.89. The quantitative estimate of drug-likeness (QED) is 0.514. The average molecular weight is 277 g/mol. The smallest absolute Gasteiger partial charge is 0.178 e. The van der Waals surface area contributed by atoms with Crippen molar-refractivity contribution in [1.29, 1.82) is 0 Å². The Kier molecular flexibility index (Phi) is 2.54. The van der Waals surface area contributed by atoms with Gasteiger partial charge >= 0.3 is 0 Å². The molecule has 0 saturated carbocycles. The second-order valence-corrected chi connectivity index (χ2v) is 5.78. The molecule has 96 valence electrons. The Labute approximate surface area is 120 Å². The molecule has 2 aromatic carbocycles. The fourth-order valence-electron chi connectivity index (χ4n) is 2.78. The molecule has 1 aliphatic rings. The third-order valence-corrected chi connectivity index (χ3v) is 4.48. The molecule has 1 aromatic heterocycles. The molecule has 0 N–H and O–H groups in total. The largest absolute Gasteiger partial charge is 0.295 e. The molecule has 0 atom stereocenters. The predicted octanol–water partition coefficient (Wildman–Crippen LogP) is 4.19. The first kappa shape index (κ1) is 11.6. The Morgan fingerprint density at radius 2 is 1.90 bits per heavy atom. The van der Waals surface area contributed by atoms with Crippen molar-refractivity contribution in [2.24, 2.45) is 0 Å². The van der Waals surface area contributed by atoms with Crippen molar-refractivity contribution in [1.82, 2.24) is 4.98 Å². The van der Waals surface area contributed by atoms with E-state index in [9.17, 15) is 4.79 Å². The third kappa shape index (κ3) is 1.71. The average Bonchev–Trinajstić information content (AvgIpc) is 3.10. The molecule has 0 aliphatic heterocycles. The van der Waals surface area contributed by atoms with Gasteiger partial charge in [0.25, 0.3) is 0 Å². The molecule has 3 aromatic rings. The monoisotopic (exact) mass is 277 g/mol. The number of rotatable bonds is 2. The molecule has 0 unspecified atom stereocenters. The van der Waals surface area contributed by atoms with Gasteiger partial charge in [0.05, 0.1) is 5.69 Å². The highest BCUT2D eigenvalue weighted by Gasteiger charge is 2.18. The van der Waals surface area contributed by atoms with Crippen LogP contribution in [0.4, 0.5) is 0 Å². The van der Waals surface area contributed by atoms with Crippen LogP contribution in [-0.2, 0) is 6.42 Å². The fraction of sp³-hybridized carbons (Fsp3) is 0.0588. The number of fused-ring (bicyclic) bond motifs is 3. The molecular weight excluding hydrogens is 266 g/mol. The van der Waals surface area contributed by atoms with Crippen molar-refractivity contribution in [2.75, 3.05) is 0 Å². The van der Waals surface area contributed by atoms with E-state index < -0.39 is 0 Å². The molecule has 20 heavy (non-hydrogen) atoms. The summed E-state index contributed by atoms with van der Waals surface area (Å²) in [6, 6.07) is 15.0. The van der Waals surface area contributed by atoms with Crippen LogP contribution in [0, 0.1) is 0 Å². The fourth-order valence-corrected chi connectivity index (χ4v) is 3.41. The number of thiazole rings is 1. The summed E-state index contributed by atoms with van der Waals surface area (Å²) in [6.07, 6.45) is 1.78. The zero-order chi connectivity index (χ0) is 13.5. The van der Waals surface area contributed by atoms with Gasteiger partial charge in [-0.3, -0.25) is 4.79 Å². The van der Waals surface area contributed by atoms with Crippen molar-refractivity contribution in [2.45, 2.75) is 6.42 Å². The van der Waals surface area contributed by atoms with Crippen LogP contribution in [0.2, 0.25) is 0 Å². The first-order valence-electron chi connectivity index (χ1n) is 6.47. The van der Waals surface area contributed by atoms with E-state index in [1.54, 1.807) is 0 Å². The SMILES string of the molecule is O=Cc1nc(-c2ccc3c(c2)Cc2ccccc2-3)cs1. The normalized spacial score (nSPS) is 12.0. The third-order valence-electron chi connectivity index (χ3n) is 3.71. The van der Waals surface area contributed by atoms with Gasteiger partial charge in [-0.25, -0.2) is 4.98 Å². The van der Waals surface area contributed by atoms with Crippen LogP contribution < -0.4 is 0 Å². The van der Waals surface area contributed by atoms with Crippen LogP contribution in [0.25, 0.3) is 22.4 Å². The van der Waals surface area contributed by atoms with Crippen molar-refractivity contribution >= 4 is 17.6 Å². The van der Waals surface area contributed by atoms with Gasteiger partial charge in [-0.05, 0) is 34.7 Å². The van der Waals surface area contributed by atoms with Gasteiger partial charge < -0.3 is 0 Å². The van der Waals surface area contributed by atoms with Gasteiger partial charge in [0.2, 0.25) is 0 Å². The number of aldehydes is 1. The van der Waals surface area contributed by atoms with E-state index >= 15 is 0 Å². The van der Waals surface area contributed by atoms with E-state index in [1.165, 1.54) is 33.6 Å². The molecule has 4 rings (SSSR count). The van der Waals surface area contributed by atoms with Crippen molar-refractivity contribution < 1.29 is 4.79 Å². The highest BCUT2D eigenvalue weighted by atomic mass is 32.1. The molecule has 2 nitrogen and oxygen atoms in total. The van der Waals surface area contributed by atoms with Gasteiger partial charge in [-0.2, -0.15) is 0 Å². The molecule has 3 heteroatoms. The lowest BCUT2D eigenvalue weighted by Gasteiger charge is -2.03. The number of aromatic nitrogens is 1. The van der Waals surface area contributed by atoms with Crippen molar-refractivity contribution in [3.05, 3.63) is 64.0 Å². The lowest BCUT2D eigenvalue weighted by atomic mass is 10.0. The van der Waals surface area contributed by atoms with Crippen LogP contribution in [-0.4, -0.2) is 11.3 Å². The summed E-state index contributed by atoms with van der Waals surface area (Å²) < 4.78 is 0. The van der Waals surface area contributed by atoms with Gasteiger partial charge in [0.1, 0.15) is 0 Å². The van der Waals surface area contributed by atoms with Gasteiger partial charge in [0, 0.05) is 10.9 Å². The lowest BCUT2D eigenvalue weighted by molar-refractivity contribution is 0.112. The Bertz CT molecular complexity index is 819. The molecule has 0 amide bonds. The Morgan fingerprint density at radius 3 is 2.75 bits per heavy atom. The molecule has 0 saturated heterocycles. The van der Waals surface area contributed by atoms with Gasteiger partial charge in [0.15, 0.2) is 11.3 Å². The van der Waals surface area contributed by atoms with E-state index in [1.807, 2.05) is 5.38 Å². The standard InChI is InChI=1S/C17H11NOS/c19-9-17-18-16(10-20-17)12-5-6-15-13(8-12)7-11-3-1-2-4-14(11)15/h1-6,8-10H,7H2. The van der Waals surface area contributed by atoms with E-state index in [2.05, 4.69) is 47.4 Å². The lowest BCUT2D eigenvalue weighted by Crippen LogP contribution is -1.84. The van der Waals surface area contributed by atoms with E-state index in [-0.39, 0.29) is 0 Å². The van der Waals surface area contributed by atoms with Crippen LogP contribution in [0.3, 0.4) is 0 Å². The molecule has 1 aliphatic carbocycles. The minimum Gasteiger partial charge on any atom is -0.295 e. The Hall–Kier alpha value is -2.26. The number of nitrogens with zero attached hydrogens (tertiary/aromatic N) is 1. The highest BCUT2D eigenvalue weighted by Crippen LogP contribution is 2.38. The first-order chi connectivity index (χ1) is 9.85. The summed E-state index contributed by atoms with van der Waals surface area (Å²) in [5.41, 5.74) is 7.34. The molecule has 0 spiro atoms. The number of hydrogen-bond donors (Lipinski definition) is 0. The van der Waals surface area contributed by atoms with Crippen molar-refractivity contribution in [3.8, 4) is 22.4 Å². The minimum atomic E-state index is 0.531. The molecule has 0 fully saturated rings. The zero-order valence-corrected chi connectivity index (χ0v) is 11.5. The zero-order valence-electron chi connectivity index (χ0n) is 10.7. The summed E-state index contributed by atoms with van der Waals surface area (Å²) in [4.78, 5) is 15.1. The number of carbonyl (C=O) groups is 1. The first-order valence-corrected chi connectivity index (χ1v) is 7.35. The van der Waals surface area contributed by atoms with E-state index in [0.29, 0.717) is 5.01 Å². The predicted molar refractivity (Wildman–Crippen MR) is 81.2 cm³/mol. The van der Waals surface area contributed by atoms with Crippen LogP contribution >= 0.6 is 11.3 Å². The molecular formula is C17H11NOS. The molecule has 0 radical (unpaired) electrons. The molecule has 0 bridgehead atoms. The van der Waals surface area contributed by atoms with E-state index in [4.69, 9.17) is 0 Å². The summed E-state index contributed by atoms with van der Waals surface area (Å²) in [7, 11) is 0. The number of carbonyl (C=O) groups excluding carboxylic acids is 1. The van der Waals surface area contributed by atoms with Crippen LogP contribution in [0.5, 0.6) is 0 Å². The minimum absolute atomic E-state index is 0.531. The second kappa shape index (κ2) is 4.39. The number of hydrogen-bond acceptors (Lipinski definition) is 3. The summed E-state index contributed by atoms with van der Waals surface area (Å²) in [6.45, 7) is 0. The maximum Gasteiger partial charge on any atom is 0.178 e. The van der Waals surface area contributed by atoms with Crippen molar-refractivity contribution in [3.63, 3.8) is 0 Å². The van der Waals surface area contributed by atoms with Gasteiger partial charge in [-0.1, -0.05) is 36.4 Å². The summed E-state index contributed by atoms with van der Waals surface area (Å²) >= 11 is 1.39.